The molecule has 0 aliphatic carbocycles. The minimum atomic E-state index is 0.221. The first-order chi connectivity index (χ1) is 4.22. The topological polar surface area (TPSA) is 17.1 Å². The van der Waals surface area contributed by atoms with Crippen molar-refractivity contribution in [1.82, 2.24) is 0 Å². The molecule has 3 heteroatoms. The van der Waals surface area contributed by atoms with Crippen molar-refractivity contribution < 1.29 is 4.79 Å². The summed E-state index contributed by atoms with van der Waals surface area (Å²) in [6.45, 7) is 3.99. The number of carbonyl (C=O) groups is 1. The Morgan fingerprint density at radius 1 is 1.56 bits per heavy atom. The average Bonchev–Trinajstić information content (AvgIpc) is 1.83. The lowest BCUT2D eigenvalue weighted by molar-refractivity contribution is -0.120. The summed E-state index contributed by atoms with van der Waals surface area (Å²) in [6, 6.07) is 0. The predicted octanol–water partition coefficient (Wildman–Crippen LogP) is 1.98. The minimum absolute atomic E-state index is 0.221. The van der Waals surface area contributed by atoms with Crippen molar-refractivity contribution in [3.8, 4) is 0 Å². The van der Waals surface area contributed by atoms with E-state index >= 15 is 0 Å². The SMILES string of the molecule is CC1CSSC(C)C1=O. The zero-order chi connectivity index (χ0) is 6.85. The van der Waals surface area contributed by atoms with Gasteiger partial charge in [-0.05, 0) is 6.92 Å². The molecule has 0 radical (unpaired) electrons. The van der Waals surface area contributed by atoms with Crippen LogP contribution in [0.2, 0.25) is 0 Å². The molecule has 1 rings (SSSR count). The molecule has 1 fully saturated rings. The summed E-state index contributed by atoms with van der Waals surface area (Å²) >= 11 is 0. The third kappa shape index (κ3) is 1.64. The highest BCUT2D eigenvalue weighted by Gasteiger charge is 2.25. The van der Waals surface area contributed by atoms with Gasteiger partial charge in [-0.2, -0.15) is 0 Å². The molecule has 2 atom stereocenters. The molecule has 0 aromatic carbocycles. The lowest BCUT2D eigenvalue weighted by Gasteiger charge is -2.20. The van der Waals surface area contributed by atoms with Gasteiger partial charge in [0.2, 0.25) is 0 Å². The van der Waals surface area contributed by atoms with E-state index in [0.29, 0.717) is 5.78 Å². The van der Waals surface area contributed by atoms with Crippen LogP contribution in [-0.2, 0) is 4.79 Å². The molecule has 0 aromatic rings. The van der Waals surface area contributed by atoms with Crippen LogP contribution in [0.5, 0.6) is 0 Å². The number of hydrogen-bond donors (Lipinski definition) is 0. The lowest BCUT2D eigenvalue weighted by Crippen LogP contribution is -2.25. The maximum atomic E-state index is 11.1. The Labute approximate surface area is 63.4 Å². The standard InChI is InChI=1S/C6H10OS2/c1-4-3-8-9-5(2)6(4)7/h4-5H,3H2,1-2H3. The van der Waals surface area contributed by atoms with Crippen molar-refractivity contribution in [3.05, 3.63) is 0 Å². The maximum Gasteiger partial charge on any atom is 0.150 e. The highest BCUT2D eigenvalue weighted by molar-refractivity contribution is 8.77. The van der Waals surface area contributed by atoms with Crippen LogP contribution < -0.4 is 0 Å². The first-order valence-corrected chi connectivity index (χ1v) is 5.42. The van der Waals surface area contributed by atoms with Crippen LogP contribution in [0.1, 0.15) is 13.8 Å². The first-order valence-electron chi connectivity index (χ1n) is 3.04. The maximum absolute atomic E-state index is 11.1. The second kappa shape index (κ2) is 2.97. The van der Waals surface area contributed by atoms with Gasteiger partial charge in [0.1, 0.15) is 5.78 Å². The lowest BCUT2D eigenvalue weighted by atomic mass is 10.1. The molecule has 0 spiro atoms. The van der Waals surface area contributed by atoms with E-state index in [1.807, 2.05) is 24.6 Å². The molecular weight excluding hydrogens is 152 g/mol. The van der Waals surface area contributed by atoms with Crippen molar-refractivity contribution in [2.75, 3.05) is 5.75 Å². The molecule has 0 amide bonds. The summed E-state index contributed by atoms with van der Waals surface area (Å²) < 4.78 is 0. The van der Waals surface area contributed by atoms with Crippen LogP contribution in [0, 0.1) is 5.92 Å². The highest BCUT2D eigenvalue weighted by atomic mass is 33.1. The van der Waals surface area contributed by atoms with Gasteiger partial charge in [0.25, 0.3) is 0 Å². The Bertz CT molecular complexity index is 112. The molecule has 1 nitrogen and oxygen atoms in total. The highest BCUT2D eigenvalue weighted by Crippen LogP contribution is 2.35. The van der Waals surface area contributed by atoms with E-state index in [4.69, 9.17) is 0 Å². The molecule has 52 valence electrons. The fraction of sp³-hybridized carbons (Fsp3) is 0.833. The third-order valence-corrected chi connectivity index (χ3v) is 4.39. The molecule has 0 N–H and O–H groups in total. The summed E-state index contributed by atoms with van der Waals surface area (Å²) in [5.41, 5.74) is 0. The van der Waals surface area contributed by atoms with Gasteiger partial charge in [-0.15, -0.1) is 0 Å². The van der Waals surface area contributed by atoms with E-state index in [-0.39, 0.29) is 11.2 Å². The van der Waals surface area contributed by atoms with E-state index in [2.05, 4.69) is 0 Å². The van der Waals surface area contributed by atoms with Gasteiger partial charge in [-0.1, -0.05) is 28.5 Å². The second-order valence-corrected chi connectivity index (χ2v) is 5.08. The van der Waals surface area contributed by atoms with Crippen molar-refractivity contribution >= 4 is 27.4 Å². The number of ketones is 1. The quantitative estimate of drug-likeness (QED) is 0.507. The zero-order valence-corrected chi connectivity index (χ0v) is 7.22. The van der Waals surface area contributed by atoms with Crippen LogP contribution in [0.4, 0.5) is 0 Å². The molecule has 9 heavy (non-hydrogen) atoms. The fourth-order valence-corrected chi connectivity index (χ4v) is 3.50. The van der Waals surface area contributed by atoms with Gasteiger partial charge < -0.3 is 0 Å². The summed E-state index contributed by atoms with van der Waals surface area (Å²) in [5, 5.41) is 0.221. The smallest absolute Gasteiger partial charge is 0.150 e. The average molecular weight is 162 g/mol. The van der Waals surface area contributed by atoms with Gasteiger partial charge in [0.15, 0.2) is 0 Å². The van der Waals surface area contributed by atoms with Crippen molar-refractivity contribution in [2.24, 2.45) is 5.92 Å². The minimum Gasteiger partial charge on any atom is -0.298 e. The molecule has 2 unspecified atom stereocenters. The molecule has 0 bridgehead atoms. The predicted molar refractivity (Wildman–Crippen MR) is 43.7 cm³/mol. The van der Waals surface area contributed by atoms with Crippen LogP contribution in [0.25, 0.3) is 0 Å². The number of hydrogen-bond acceptors (Lipinski definition) is 3. The van der Waals surface area contributed by atoms with E-state index in [9.17, 15) is 4.79 Å². The van der Waals surface area contributed by atoms with Crippen LogP contribution >= 0.6 is 21.6 Å². The van der Waals surface area contributed by atoms with E-state index in [0.717, 1.165) is 5.75 Å². The summed E-state index contributed by atoms with van der Waals surface area (Å²) in [5.74, 6) is 1.69. The number of Topliss-reactive ketones (excluding diaryl/α,β-unsaturated/α-hetero) is 1. The summed E-state index contributed by atoms with van der Waals surface area (Å²) in [6.07, 6.45) is 0. The molecule has 1 saturated heterocycles. The first kappa shape index (κ1) is 7.48. The Balaban J connectivity index is 2.52. The normalized spacial score (nSPS) is 36.9. The monoisotopic (exact) mass is 162 g/mol. The fourth-order valence-electron chi connectivity index (χ4n) is 0.774. The van der Waals surface area contributed by atoms with Gasteiger partial charge in [-0.3, -0.25) is 4.79 Å². The van der Waals surface area contributed by atoms with Crippen LogP contribution in [0.3, 0.4) is 0 Å². The molecule has 1 aliphatic rings. The summed E-state index contributed by atoms with van der Waals surface area (Å²) in [4.78, 5) is 11.1. The molecular formula is C6H10OS2. The molecule has 1 heterocycles. The largest absolute Gasteiger partial charge is 0.298 e. The zero-order valence-electron chi connectivity index (χ0n) is 5.59. The van der Waals surface area contributed by atoms with Gasteiger partial charge in [0, 0.05) is 11.7 Å². The Morgan fingerprint density at radius 2 is 2.22 bits per heavy atom. The Kier molecular flexibility index (Phi) is 2.47. The van der Waals surface area contributed by atoms with Gasteiger partial charge >= 0.3 is 0 Å². The molecule has 1 aliphatic heterocycles. The van der Waals surface area contributed by atoms with E-state index in [1.54, 1.807) is 10.8 Å². The van der Waals surface area contributed by atoms with Gasteiger partial charge in [0.05, 0.1) is 5.25 Å². The number of carbonyl (C=O) groups excluding carboxylic acids is 1. The second-order valence-electron chi connectivity index (χ2n) is 2.33. The van der Waals surface area contributed by atoms with Crippen molar-refractivity contribution in [3.63, 3.8) is 0 Å². The molecule has 0 aromatic heterocycles. The van der Waals surface area contributed by atoms with Crippen molar-refractivity contribution in [2.45, 2.75) is 19.1 Å². The van der Waals surface area contributed by atoms with Crippen LogP contribution in [0.15, 0.2) is 0 Å². The third-order valence-electron chi connectivity index (χ3n) is 1.42. The van der Waals surface area contributed by atoms with Gasteiger partial charge in [-0.25, -0.2) is 0 Å². The Morgan fingerprint density at radius 3 is 2.67 bits per heavy atom. The Hall–Kier alpha value is 0.370. The molecule has 0 saturated carbocycles. The van der Waals surface area contributed by atoms with Crippen LogP contribution in [-0.4, -0.2) is 16.8 Å². The van der Waals surface area contributed by atoms with E-state index in [1.165, 1.54) is 0 Å². The van der Waals surface area contributed by atoms with Crippen molar-refractivity contribution in [1.29, 1.82) is 0 Å². The number of rotatable bonds is 0. The summed E-state index contributed by atoms with van der Waals surface area (Å²) in [7, 11) is 3.51. The van der Waals surface area contributed by atoms with E-state index < -0.39 is 0 Å².